The van der Waals surface area contributed by atoms with Gasteiger partial charge in [0.2, 0.25) is 0 Å². The van der Waals surface area contributed by atoms with Gasteiger partial charge in [0.15, 0.2) is 0 Å². The number of nitrogen functional groups attached to an aromatic ring is 1. The van der Waals surface area contributed by atoms with Gasteiger partial charge in [0.05, 0.1) is 25.1 Å². The van der Waals surface area contributed by atoms with Crippen molar-refractivity contribution in [2.45, 2.75) is 12.6 Å². The van der Waals surface area contributed by atoms with Gasteiger partial charge in [0, 0.05) is 25.7 Å². The van der Waals surface area contributed by atoms with Crippen LogP contribution in [0.25, 0.3) is 0 Å². The smallest absolute Gasteiger partial charge is 0.254 e. The quantitative estimate of drug-likeness (QED) is 0.815. The van der Waals surface area contributed by atoms with E-state index in [4.69, 9.17) is 15.2 Å². The van der Waals surface area contributed by atoms with E-state index in [1.54, 1.807) is 25.3 Å². The summed E-state index contributed by atoms with van der Waals surface area (Å²) in [6.07, 6.45) is -0.525. The fourth-order valence-electron chi connectivity index (χ4n) is 2.83. The summed E-state index contributed by atoms with van der Waals surface area (Å²) in [7, 11) is 1.57. The molecule has 25 heavy (non-hydrogen) atoms. The zero-order valence-corrected chi connectivity index (χ0v) is 14.3. The highest BCUT2D eigenvalue weighted by Crippen LogP contribution is 2.25. The summed E-state index contributed by atoms with van der Waals surface area (Å²) in [5.74, 6) is 0.442. The Kier molecular flexibility index (Phi) is 5.53. The molecule has 0 bridgehead atoms. The average molecular weight is 341 g/mol. The normalized spacial score (nSPS) is 17.9. The second kappa shape index (κ2) is 8.00. The van der Waals surface area contributed by atoms with E-state index in [9.17, 15) is 4.79 Å². The molecule has 1 heterocycles. The number of anilines is 2. The number of carbonyl (C=O) groups is 1. The monoisotopic (exact) mass is 341 g/mol. The molecule has 1 unspecified atom stereocenters. The van der Waals surface area contributed by atoms with Crippen LogP contribution in [0.3, 0.4) is 0 Å². The molecule has 2 aromatic carbocycles. The second-order valence-corrected chi connectivity index (χ2v) is 6.02. The first-order valence-electron chi connectivity index (χ1n) is 8.28. The Hall–Kier alpha value is -2.57. The van der Waals surface area contributed by atoms with Crippen LogP contribution in [-0.4, -0.2) is 43.7 Å². The maximum atomic E-state index is 12.6. The molecule has 3 N–H and O–H groups in total. The van der Waals surface area contributed by atoms with E-state index >= 15 is 0 Å². The number of morpholine rings is 1. The fourth-order valence-corrected chi connectivity index (χ4v) is 2.83. The lowest BCUT2D eigenvalue weighted by atomic mass is 10.1. The van der Waals surface area contributed by atoms with Crippen molar-refractivity contribution in [3.63, 3.8) is 0 Å². The number of hydrogen-bond acceptors (Lipinski definition) is 5. The molecule has 0 radical (unpaired) electrons. The molecule has 1 amide bonds. The van der Waals surface area contributed by atoms with Gasteiger partial charge in [-0.3, -0.25) is 9.69 Å². The van der Waals surface area contributed by atoms with Crippen LogP contribution in [0.5, 0.6) is 5.75 Å². The van der Waals surface area contributed by atoms with Crippen molar-refractivity contribution in [1.29, 1.82) is 0 Å². The molecular formula is C19H23N3O3. The van der Waals surface area contributed by atoms with E-state index in [1.807, 2.05) is 18.2 Å². The summed E-state index contributed by atoms with van der Waals surface area (Å²) in [5.41, 5.74) is 8.18. The van der Waals surface area contributed by atoms with Gasteiger partial charge < -0.3 is 20.5 Å². The van der Waals surface area contributed by atoms with Gasteiger partial charge in [-0.25, -0.2) is 0 Å². The Labute approximate surface area is 147 Å². The van der Waals surface area contributed by atoms with Crippen molar-refractivity contribution in [2.75, 3.05) is 37.9 Å². The summed E-state index contributed by atoms with van der Waals surface area (Å²) in [6.45, 7) is 2.68. The summed E-state index contributed by atoms with van der Waals surface area (Å²) in [6, 6.07) is 15.4. The van der Waals surface area contributed by atoms with Crippen LogP contribution in [0.4, 0.5) is 11.4 Å². The minimum absolute atomic E-state index is 0.197. The lowest BCUT2D eigenvalue weighted by molar-refractivity contribution is -0.133. The standard InChI is InChI=1S/C19H23N3O3/c1-24-15-7-8-16(20)17(11-15)21-19(23)18-13-22(9-10-25-18)12-14-5-3-2-4-6-14/h2-8,11,18H,9-10,12-13,20H2,1H3,(H,21,23). The number of hydrogen-bond donors (Lipinski definition) is 2. The first kappa shape index (κ1) is 17.3. The lowest BCUT2D eigenvalue weighted by Crippen LogP contribution is -2.47. The minimum Gasteiger partial charge on any atom is -0.497 e. The van der Waals surface area contributed by atoms with Crippen LogP contribution in [-0.2, 0) is 16.1 Å². The molecule has 2 aromatic rings. The van der Waals surface area contributed by atoms with Crippen LogP contribution in [0.2, 0.25) is 0 Å². The third-order valence-electron chi connectivity index (χ3n) is 4.21. The van der Waals surface area contributed by atoms with Gasteiger partial charge >= 0.3 is 0 Å². The first-order valence-corrected chi connectivity index (χ1v) is 8.28. The predicted octanol–water partition coefficient (Wildman–Crippen LogP) is 2.12. The van der Waals surface area contributed by atoms with Gasteiger partial charge in [-0.2, -0.15) is 0 Å². The van der Waals surface area contributed by atoms with Crippen LogP contribution >= 0.6 is 0 Å². The topological polar surface area (TPSA) is 76.8 Å². The molecule has 6 nitrogen and oxygen atoms in total. The zero-order valence-electron chi connectivity index (χ0n) is 14.3. The third kappa shape index (κ3) is 4.49. The van der Waals surface area contributed by atoms with E-state index in [-0.39, 0.29) is 5.91 Å². The van der Waals surface area contributed by atoms with Crippen molar-refractivity contribution in [1.82, 2.24) is 4.90 Å². The van der Waals surface area contributed by atoms with E-state index in [1.165, 1.54) is 5.56 Å². The molecule has 6 heteroatoms. The van der Waals surface area contributed by atoms with Crippen molar-refractivity contribution >= 4 is 17.3 Å². The highest BCUT2D eigenvalue weighted by molar-refractivity contribution is 5.97. The molecule has 1 fully saturated rings. The highest BCUT2D eigenvalue weighted by atomic mass is 16.5. The van der Waals surface area contributed by atoms with Crippen LogP contribution < -0.4 is 15.8 Å². The maximum Gasteiger partial charge on any atom is 0.254 e. The first-order chi connectivity index (χ1) is 12.2. The van der Waals surface area contributed by atoms with Gasteiger partial charge in [-0.1, -0.05) is 30.3 Å². The van der Waals surface area contributed by atoms with Gasteiger partial charge in [-0.15, -0.1) is 0 Å². The number of methoxy groups -OCH3 is 1. The number of nitrogens with zero attached hydrogens (tertiary/aromatic N) is 1. The van der Waals surface area contributed by atoms with Crippen LogP contribution in [0.15, 0.2) is 48.5 Å². The van der Waals surface area contributed by atoms with Gasteiger partial charge in [-0.05, 0) is 17.7 Å². The zero-order chi connectivity index (χ0) is 17.6. The van der Waals surface area contributed by atoms with Crippen molar-refractivity contribution in [3.8, 4) is 5.75 Å². The second-order valence-electron chi connectivity index (χ2n) is 6.02. The molecule has 0 aromatic heterocycles. The molecule has 0 spiro atoms. The molecular weight excluding hydrogens is 318 g/mol. The van der Waals surface area contributed by atoms with Crippen molar-refractivity contribution < 1.29 is 14.3 Å². The number of ether oxygens (including phenoxy) is 2. The Bertz CT molecular complexity index is 721. The molecule has 0 saturated carbocycles. The minimum atomic E-state index is -0.525. The Morgan fingerprint density at radius 3 is 2.88 bits per heavy atom. The third-order valence-corrected chi connectivity index (χ3v) is 4.21. The summed E-state index contributed by atoms with van der Waals surface area (Å²) in [4.78, 5) is 14.8. The Morgan fingerprint density at radius 1 is 1.32 bits per heavy atom. The maximum absolute atomic E-state index is 12.6. The van der Waals surface area contributed by atoms with E-state index in [0.29, 0.717) is 30.3 Å². The number of nitrogens with two attached hydrogens (primary N) is 1. The van der Waals surface area contributed by atoms with Gasteiger partial charge in [0.1, 0.15) is 11.9 Å². The number of nitrogens with one attached hydrogen (secondary N) is 1. The molecule has 3 rings (SSSR count). The van der Waals surface area contributed by atoms with E-state index in [0.717, 1.165) is 13.1 Å². The summed E-state index contributed by atoms with van der Waals surface area (Å²) in [5, 5.41) is 2.84. The average Bonchev–Trinajstić information content (AvgIpc) is 2.64. The summed E-state index contributed by atoms with van der Waals surface area (Å²) >= 11 is 0. The molecule has 1 saturated heterocycles. The van der Waals surface area contributed by atoms with Crippen molar-refractivity contribution in [3.05, 3.63) is 54.1 Å². The van der Waals surface area contributed by atoms with E-state index < -0.39 is 6.10 Å². The molecule has 1 atom stereocenters. The van der Waals surface area contributed by atoms with Gasteiger partial charge in [0.25, 0.3) is 5.91 Å². The molecule has 1 aliphatic rings. The molecule has 132 valence electrons. The Morgan fingerprint density at radius 2 is 2.12 bits per heavy atom. The highest BCUT2D eigenvalue weighted by Gasteiger charge is 2.27. The Balaban J connectivity index is 1.62. The molecule has 0 aliphatic carbocycles. The SMILES string of the molecule is COc1ccc(N)c(NC(=O)C2CN(Cc3ccccc3)CCO2)c1. The number of carbonyl (C=O) groups excluding carboxylic acids is 1. The summed E-state index contributed by atoms with van der Waals surface area (Å²) < 4.78 is 10.8. The number of benzene rings is 2. The fraction of sp³-hybridized carbons (Fsp3) is 0.316. The van der Waals surface area contributed by atoms with E-state index in [2.05, 4.69) is 22.3 Å². The largest absolute Gasteiger partial charge is 0.497 e. The number of rotatable bonds is 5. The van der Waals surface area contributed by atoms with Crippen LogP contribution in [0.1, 0.15) is 5.56 Å². The molecule has 1 aliphatic heterocycles. The number of amides is 1. The van der Waals surface area contributed by atoms with Crippen LogP contribution in [0, 0.1) is 0 Å². The predicted molar refractivity (Wildman–Crippen MR) is 97.5 cm³/mol. The lowest BCUT2D eigenvalue weighted by Gasteiger charge is -2.32. The van der Waals surface area contributed by atoms with Crippen molar-refractivity contribution in [2.24, 2.45) is 0 Å².